The van der Waals surface area contributed by atoms with Gasteiger partial charge in [-0.25, -0.2) is 24.8 Å². The van der Waals surface area contributed by atoms with E-state index in [1.54, 1.807) is 6.33 Å². The number of aryl methyl sites for hydroxylation is 2. The van der Waals surface area contributed by atoms with E-state index in [1.807, 2.05) is 20.0 Å². The van der Waals surface area contributed by atoms with Crippen molar-refractivity contribution in [3.8, 4) is 0 Å². The van der Waals surface area contributed by atoms with Crippen LogP contribution in [0, 0.1) is 19.8 Å². The maximum atomic E-state index is 14.8. The van der Waals surface area contributed by atoms with Crippen LogP contribution in [-0.4, -0.2) is 70.0 Å². The van der Waals surface area contributed by atoms with E-state index in [2.05, 4.69) is 48.6 Å². The van der Waals surface area contributed by atoms with Crippen molar-refractivity contribution in [2.75, 3.05) is 36.0 Å². The second-order valence-electron chi connectivity index (χ2n) is 10.8. The summed E-state index contributed by atoms with van der Waals surface area (Å²) in [6.45, 7) is 9.52. The van der Waals surface area contributed by atoms with Gasteiger partial charge in [-0.1, -0.05) is 0 Å². The highest BCUT2D eigenvalue weighted by atomic mass is 19.1. The third kappa shape index (κ3) is 4.59. The van der Waals surface area contributed by atoms with Crippen molar-refractivity contribution in [3.05, 3.63) is 35.7 Å². The first kappa shape index (κ1) is 23.0. The molecule has 0 aromatic carbocycles. The number of rotatable bonds is 5. The smallest absolute Gasteiger partial charge is 0.150 e. The van der Waals surface area contributed by atoms with Gasteiger partial charge >= 0.3 is 0 Å². The predicted molar refractivity (Wildman–Crippen MR) is 131 cm³/mol. The van der Waals surface area contributed by atoms with Gasteiger partial charge in [0.1, 0.15) is 24.1 Å². The molecule has 0 bridgehead atoms. The lowest BCUT2D eigenvalue weighted by Gasteiger charge is -2.37. The SMILES string of the molecule is Cc1cnc(C)c(N2CCN(c3cc(C4NNC5CC(F)C(OC6(C)CC6)CC54)ncn3)CC2)n1. The minimum absolute atomic E-state index is 0.0128. The quantitative estimate of drug-likeness (QED) is 0.667. The Morgan fingerprint density at radius 2 is 1.80 bits per heavy atom. The van der Waals surface area contributed by atoms with Crippen molar-refractivity contribution < 1.29 is 9.13 Å². The number of hydrogen-bond donors (Lipinski definition) is 2. The van der Waals surface area contributed by atoms with Crippen molar-refractivity contribution in [2.24, 2.45) is 5.92 Å². The van der Waals surface area contributed by atoms with E-state index in [0.29, 0.717) is 12.8 Å². The van der Waals surface area contributed by atoms with Crippen molar-refractivity contribution >= 4 is 11.6 Å². The summed E-state index contributed by atoms with van der Waals surface area (Å²) in [7, 11) is 0. The first-order valence-electron chi connectivity index (χ1n) is 12.8. The monoisotopic (exact) mass is 482 g/mol. The summed E-state index contributed by atoms with van der Waals surface area (Å²) in [6.07, 6.45) is 5.43. The molecule has 2 aromatic heterocycles. The maximum Gasteiger partial charge on any atom is 0.150 e. The van der Waals surface area contributed by atoms with Gasteiger partial charge in [-0.05, 0) is 46.5 Å². The number of alkyl halides is 1. The normalized spacial score (nSPS) is 31.9. The summed E-state index contributed by atoms with van der Waals surface area (Å²) in [6, 6.07) is 2.19. The Morgan fingerprint density at radius 3 is 2.57 bits per heavy atom. The van der Waals surface area contributed by atoms with Crippen molar-refractivity contribution in [1.82, 2.24) is 30.8 Å². The highest BCUT2D eigenvalue weighted by molar-refractivity contribution is 5.47. The average Bonchev–Trinajstić information content (AvgIpc) is 3.45. The van der Waals surface area contributed by atoms with Crippen LogP contribution in [0.3, 0.4) is 0 Å². The van der Waals surface area contributed by atoms with Gasteiger partial charge in [0, 0.05) is 50.4 Å². The average molecular weight is 483 g/mol. The van der Waals surface area contributed by atoms with E-state index < -0.39 is 6.17 Å². The molecule has 4 heterocycles. The van der Waals surface area contributed by atoms with Gasteiger partial charge in [-0.3, -0.25) is 10.4 Å². The molecule has 9 nitrogen and oxygen atoms in total. The zero-order chi connectivity index (χ0) is 24.2. The van der Waals surface area contributed by atoms with E-state index in [9.17, 15) is 4.39 Å². The lowest BCUT2D eigenvalue weighted by atomic mass is 9.78. The summed E-state index contributed by atoms with van der Waals surface area (Å²) >= 11 is 0. The number of nitrogens with one attached hydrogen (secondary N) is 2. The molecule has 10 heteroatoms. The molecule has 4 fully saturated rings. The molecule has 2 aliphatic heterocycles. The molecule has 5 atom stereocenters. The van der Waals surface area contributed by atoms with Crippen LogP contribution in [0.2, 0.25) is 0 Å². The van der Waals surface area contributed by atoms with E-state index in [1.165, 1.54) is 0 Å². The Labute approximate surface area is 205 Å². The van der Waals surface area contributed by atoms with Crippen LogP contribution in [0.5, 0.6) is 0 Å². The Kier molecular flexibility index (Phi) is 5.85. The topological polar surface area (TPSA) is 91.3 Å². The van der Waals surface area contributed by atoms with E-state index in [4.69, 9.17) is 9.72 Å². The Balaban J connectivity index is 1.13. The molecule has 6 rings (SSSR count). The van der Waals surface area contributed by atoms with Crippen LogP contribution >= 0.6 is 0 Å². The van der Waals surface area contributed by atoms with Crippen LogP contribution < -0.4 is 20.7 Å². The van der Waals surface area contributed by atoms with Crippen molar-refractivity contribution in [1.29, 1.82) is 0 Å². The number of halogens is 1. The molecule has 2 saturated carbocycles. The molecule has 5 unspecified atom stereocenters. The summed E-state index contributed by atoms with van der Waals surface area (Å²) in [5.41, 5.74) is 9.46. The number of hydrogen-bond acceptors (Lipinski definition) is 9. The molecule has 2 saturated heterocycles. The molecule has 2 aliphatic carbocycles. The number of ether oxygens (including phenoxy) is 1. The van der Waals surface area contributed by atoms with Crippen LogP contribution in [0.4, 0.5) is 16.0 Å². The third-order valence-corrected chi connectivity index (χ3v) is 8.09. The number of aromatic nitrogens is 4. The zero-order valence-corrected chi connectivity index (χ0v) is 20.7. The first-order valence-corrected chi connectivity index (χ1v) is 12.8. The standard InChI is InChI=1S/C25H35FN8O/c1-15-13-27-16(2)24(30-15)34-8-6-33(7-9-34)22-12-20(28-14-29-22)23-17-10-21(35-25(3)4-5-25)18(26)11-19(17)31-32-23/h12-14,17-19,21,23,31-32H,4-11H2,1-3H3. The molecular formula is C25H35FN8O. The largest absolute Gasteiger partial charge is 0.369 e. The number of nitrogens with zero attached hydrogens (tertiary/aromatic N) is 6. The van der Waals surface area contributed by atoms with E-state index >= 15 is 0 Å². The fourth-order valence-electron chi connectivity index (χ4n) is 5.74. The molecular weight excluding hydrogens is 447 g/mol. The van der Waals surface area contributed by atoms with Crippen LogP contribution in [0.25, 0.3) is 0 Å². The lowest BCUT2D eigenvalue weighted by Crippen LogP contribution is -2.47. The molecule has 188 valence electrons. The lowest BCUT2D eigenvalue weighted by molar-refractivity contribution is -0.0886. The summed E-state index contributed by atoms with van der Waals surface area (Å²) in [4.78, 5) is 23.0. The minimum Gasteiger partial charge on any atom is -0.369 e. The highest BCUT2D eigenvalue weighted by Gasteiger charge is 2.50. The first-order chi connectivity index (χ1) is 16.9. The molecule has 0 spiro atoms. The number of hydrazine groups is 1. The molecule has 2 aromatic rings. The van der Waals surface area contributed by atoms with Crippen LogP contribution in [0.15, 0.2) is 18.6 Å². The van der Waals surface area contributed by atoms with Gasteiger partial charge in [0.05, 0.1) is 34.8 Å². The van der Waals surface area contributed by atoms with Gasteiger partial charge in [-0.15, -0.1) is 0 Å². The third-order valence-electron chi connectivity index (χ3n) is 8.09. The number of piperazine rings is 1. The highest BCUT2D eigenvalue weighted by Crippen LogP contribution is 2.45. The van der Waals surface area contributed by atoms with Gasteiger partial charge in [0.25, 0.3) is 0 Å². The summed E-state index contributed by atoms with van der Waals surface area (Å²) in [5, 5.41) is 0. The molecule has 4 aliphatic rings. The zero-order valence-electron chi connectivity index (χ0n) is 20.7. The minimum atomic E-state index is -0.930. The van der Waals surface area contributed by atoms with E-state index in [0.717, 1.165) is 67.7 Å². The number of anilines is 2. The second kappa shape index (κ2) is 8.90. The fraction of sp³-hybridized carbons (Fsp3) is 0.680. The Hall–Kier alpha value is -2.43. The van der Waals surface area contributed by atoms with Crippen LogP contribution in [-0.2, 0) is 4.74 Å². The van der Waals surface area contributed by atoms with Gasteiger partial charge < -0.3 is 14.5 Å². The second-order valence-corrected chi connectivity index (χ2v) is 10.8. The fourth-order valence-corrected chi connectivity index (χ4v) is 5.74. The van der Waals surface area contributed by atoms with Crippen molar-refractivity contribution in [3.63, 3.8) is 0 Å². The van der Waals surface area contributed by atoms with Crippen molar-refractivity contribution in [2.45, 2.75) is 76.4 Å². The maximum absolute atomic E-state index is 14.8. The van der Waals surface area contributed by atoms with Gasteiger partial charge in [-0.2, -0.15) is 0 Å². The van der Waals surface area contributed by atoms with E-state index in [-0.39, 0.29) is 29.7 Å². The Morgan fingerprint density at radius 1 is 1.03 bits per heavy atom. The van der Waals surface area contributed by atoms with Gasteiger partial charge in [0.2, 0.25) is 0 Å². The van der Waals surface area contributed by atoms with Gasteiger partial charge in [0.15, 0.2) is 0 Å². The molecule has 0 amide bonds. The molecule has 0 radical (unpaired) electrons. The number of fused-ring (bicyclic) bond motifs is 1. The Bertz CT molecular complexity index is 1070. The molecule has 35 heavy (non-hydrogen) atoms. The summed E-state index contributed by atoms with van der Waals surface area (Å²) in [5.74, 6) is 2.14. The van der Waals surface area contributed by atoms with Crippen LogP contribution in [0.1, 0.15) is 55.7 Å². The predicted octanol–water partition coefficient (Wildman–Crippen LogP) is 2.41. The molecule has 2 N–H and O–H groups in total. The summed E-state index contributed by atoms with van der Waals surface area (Å²) < 4.78 is 21.0.